The van der Waals surface area contributed by atoms with E-state index in [-0.39, 0.29) is 10.6 Å². The van der Waals surface area contributed by atoms with Crippen LogP contribution in [0.1, 0.15) is 57.8 Å². The van der Waals surface area contributed by atoms with Crippen LogP contribution in [0.25, 0.3) is 0 Å². The molecule has 18 heavy (non-hydrogen) atoms. The molecule has 0 rings (SSSR count). The van der Waals surface area contributed by atoms with Crippen molar-refractivity contribution in [2.45, 2.75) is 62.6 Å². The molecule has 0 saturated carbocycles. The Balaban J connectivity index is 3.28. The summed E-state index contributed by atoms with van der Waals surface area (Å²) < 4.78 is 21.6. The molecule has 0 amide bonds. The first-order chi connectivity index (χ1) is 8.45. The monoisotopic (exact) mass is 424 g/mol. The van der Waals surface area contributed by atoms with Crippen molar-refractivity contribution in [2.24, 2.45) is 0 Å². The summed E-state index contributed by atoms with van der Waals surface area (Å²) >= 11 is 6.94. The molecule has 0 aromatic carbocycles. The molecule has 0 fully saturated rings. The molecule has 0 heterocycles. The van der Waals surface area contributed by atoms with Gasteiger partial charge in [-0.05, 0) is 19.3 Å². The Bertz CT molecular complexity index is 284. The maximum Gasteiger partial charge on any atom is 0.232 e. The summed E-state index contributed by atoms with van der Waals surface area (Å²) in [5.74, 6) is 0.0665. The zero-order chi connectivity index (χ0) is 13.9. The average Bonchev–Trinajstić information content (AvgIpc) is 2.29. The SMILES string of the molecule is O=S(=O)(Cl)CCC(Br)CCCCCCCCCBr. The van der Waals surface area contributed by atoms with E-state index in [4.69, 9.17) is 10.7 Å². The van der Waals surface area contributed by atoms with Gasteiger partial charge in [-0.3, -0.25) is 0 Å². The highest BCUT2D eigenvalue weighted by Gasteiger charge is 2.10. The van der Waals surface area contributed by atoms with E-state index in [1.54, 1.807) is 0 Å². The van der Waals surface area contributed by atoms with Crippen LogP contribution in [-0.2, 0) is 9.05 Å². The van der Waals surface area contributed by atoms with Gasteiger partial charge < -0.3 is 0 Å². The van der Waals surface area contributed by atoms with Crippen molar-refractivity contribution < 1.29 is 8.42 Å². The lowest BCUT2D eigenvalue weighted by Gasteiger charge is -2.08. The van der Waals surface area contributed by atoms with E-state index in [0.29, 0.717) is 6.42 Å². The van der Waals surface area contributed by atoms with E-state index in [0.717, 1.165) is 18.2 Å². The van der Waals surface area contributed by atoms with Crippen molar-refractivity contribution in [2.75, 3.05) is 11.1 Å². The highest BCUT2D eigenvalue weighted by molar-refractivity contribution is 9.09. The Hall–Kier alpha value is 1.20. The van der Waals surface area contributed by atoms with Gasteiger partial charge >= 0.3 is 0 Å². The molecule has 0 N–H and O–H groups in total. The van der Waals surface area contributed by atoms with Gasteiger partial charge in [0, 0.05) is 20.8 Å². The Kier molecular flexibility index (Phi) is 12.8. The smallest absolute Gasteiger partial charge is 0.212 e. The molecule has 0 aromatic heterocycles. The molecule has 0 aliphatic heterocycles. The van der Waals surface area contributed by atoms with E-state index in [9.17, 15) is 8.42 Å². The molecular weight excluding hydrogens is 403 g/mol. The van der Waals surface area contributed by atoms with Crippen LogP contribution in [0.2, 0.25) is 0 Å². The molecule has 0 bridgehead atoms. The summed E-state index contributed by atoms with van der Waals surface area (Å²) in [4.78, 5) is 0.277. The van der Waals surface area contributed by atoms with E-state index < -0.39 is 9.05 Å². The zero-order valence-electron chi connectivity index (χ0n) is 10.7. The lowest BCUT2D eigenvalue weighted by molar-refractivity contribution is 0.567. The van der Waals surface area contributed by atoms with Crippen LogP contribution >= 0.6 is 42.5 Å². The van der Waals surface area contributed by atoms with Crippen LogP contribution in [0.4, 0.5) is 0 Å². The molecule has 0 aliphatic rings. The fourth-order valence-electron chi connectivity index (χ4n) is 1.76. The summed E-state index contributed by atoms with van der Waals surface area (Å²) in [6, 6.07) is 0. The Morgan fingerprint density at radius 1 is 0.889 bits per heavy atom. The van der Waals surface area contributed by atoms with Gasteiger partial charge in [0.05, 0.1) is 5.75 Å². The van der Waals surface area contributed by atoms with Gasteiger partial charge in [-0.15, -0.1) is 0 Å². The normalized spacial score (nSPS) is 13.7. The maximum absolute atomic E-state index is 10.8. The number of alkyl halides is 2. The summed E-state index contributed by atoms with van der Waals surface area (Å²) in [5.41, 5.74) is 0. The standard InChI is InChI=1S/C12H23Br2ClO2S/c13-10-7-5-3-1-2-4-6-8-12(14)9-11-18(15,16)17/h12H,1-11H2. The Morgan fingerprint density at radius 3 is 1.89 bits per heavy atom. The summed E-state index contributed by atoms with van der Waals surface area (Å²) in [6.45, 7) is 0. The highest BCUT2D eigenvalue weighted by Crippen LogP contribution is 2.17. The van der Waals surface area contributed by atoms with Crippen LogP contribution in [0.5, 0.6) is 0 Å². The number of unbranched alkanes of at least 4 members (excludes halogenated alkanes) is 6. The van der Waals surface area contributed by atoms with Crippen molar-refractivity contribution in [3.8, 4) is 0 Å². The van der Waals surface area contributed by atoms with Crippen LogP contribution in [0.15, 0.2) is 0 Å². The average molecular weight is 427 g/mol. The minimum Gasteiger partial charge on any atom is -0.212 e. The maximum atomic E-state index is 10.8. The molecular formula is C12H23Br2ClO2S. The molecule has 0 aliphatic carbocycles. The molecule has 6 heteroatoms. The largest absolute Gasteiger partial charge is 0.232 e. The molecule has 0 spiro atoms. The summed E-state index contributed by atoms with van der Waals surface area (Å²) in [6.07, 6.45) is 10.6. The predicted octanol–water partition coefficient (Wildman–Crippen LogP) is 5.22. The molecule has 1 atom stereocenters. The third-order valence-electron chi connectivity index (χ3n) is 2.83. The first-order valence-electron chi connectivity index (χ1n) is 6.58. The van der Waals surface area contributed by atoms with Gasteiger partial charge in [0.1, 0.15) is 0 Å². The van der Waals surface area contributed by atoms with Crippen LogP contribution < -0.4 is 0 Å². The molecule has 110 valence electrons. The summed E-state index contributed by atoms with van der Waals surface area (Å²) in [5, 5.41) is 1.11. The topological polar surface area (TPSA) is 34.1 Å². The van der Waals surface area contributed by atoms with Crippen molar-refractivity contribution in [3.05, 3.63) is 0 Å². The van der Waals surface area contributed by atoms with Gasteiger partial charge in [0.15, 0.2) is 0 Å². The molecule has 0 aromatic rings. The molecule has 0 radical (unpaired) electrons. The van der Waals surface area contributed by atoms with Crippen LogP contribution in [-0.4, -0.2) is 24.3 Å². The van der Waals surface area contributed by atoms with E-state index >= 15 is 0 Å². The van der Waals surface area contributed by atoms with Gasteiger partial charge in [-0.2, -0.15) is 0 Å². The minimum absolute atomic E-state index is 0.0665. The van der Waals surface area contributed by atoms with E-state index in [2.05, 4.69) is 31.9 Å². The third kappa shape index (κ3) is 15.3. The first-order valence-corrected chi connectivity index (χ1v) is 11.1. The molecule has 2 nitrogen and oxygen atoms in total. The van der Waals surface area contributed by atoms with Gasteiger partial charge in [0.2, 0.25) is 9.05 Å². The zero-order valence-corrected chi connectivity index (χ0v) is 15.5. The second-order valence-corrected chi connectivity index (χ2v) is 9.57. The number of rotatable bonds is 12. The second-order valence-electron chi connectivity index (χ2n) is 4.58. The van der Waals surface area contributed by atoms with Crippen molar-refractivity contribution in [1.29, 1.82) is 0 Å². The first kappa shape index (κ1) is 19.2. The third-order valence-corrected chi connectivity index (χ3v) is 5.49. The van der Waals surface area contributed by atoms with E-state index in [1.165, 1.54) is 38.5 Å². The second kappa shape index (κ2) is 12.0. The predicted molar refractivity (Wildman–Crippen MR) is 87.7 cm³/mol. The van der Waals surface area contributed by atoms with Crippen molar-refractivity contribution in [1.82, 2.24) is 0 Å². The summed E-state index contributed by atoms with van der Waals surface area (Å²) in [7, 11) is 1.84. The van der Waals surface area contributed by atoms with Gasteiger partial charge in [-0.25, -0.2) is 8.42 Å². The highest BCUT2D eigenvalue weighted by atomic mass is 79.9. The van der Waals surface area contributed by atoms with Gasteiger partial charge in [0.25, 0.3) is 0 Å². The molecule has 0 saturated heterocycles. The van der Waals surface area contributed by atoms with Crippen LogP contribution in [0, 0.1) is 0 Å². The number of halogens is 3. The minimum atomic E-state index is -3.33. The number of hydrogen-bond donors (Lipinski definition) is 0. The quantitative estimate of drug-likeness (QED) is 0.243. The van der Waals surface area contributed by atoms with Crippen LogP contribution in [0.3, 0.4) is 0 Å². The fraction of sp³-hybridized carbons (Fsp3) is 1.00. The number of hydrogen-bond acceptors (Lipinski definition) is 2. The van der Waals surface area contributed by atoms with Gasteiger partial charge in [-0.1, -0.05) is 70.4 Å². The van der Waals surface area contributed by atoms with Crippen molar-refractivity contribution >= 4 is 51.6 Å². The fourth-order valence-corrected chi connectivity index (χ4v) is 3.84. The Morgan fingerprint density at radius 2 is 1.39 bits per heavy atom. The van der Waals surface area contributed by atoms with E-state index in [1.807, 2.05) is 0 Å². The Labute approximate surface area is 133 Å². The lowest BCUT2D eigenvalue weighted by Crippen LogP contribution is -2.06. The molecule has 1 unspecified atom stereocenters. The van der Waals surface area contributed by atoms with Crippen molar-refractivity contribution in [3.63, 3.8) is 0 Å². The lowest BCUT2D eigenvalue weighted by atomic mass is 10.1.